The van der Waals surface area contributed by atoms with Crippen LogP contribution in [0, 0.1) is 5.92 Å². The fourth-order valence-electron chi connectivity index (χ4n) is 13.1. The highest BCUT2D eigenvalue weighted by atomic mass is 32.2. The Hall–Kier alpha value is -7.26. The van der Waals surface area contributed by atoms with Gasteiger partial charge >= 0.3 is 0 Å². The van der Waals surface area contributed by atoms with Crippen LogP contribution in [-0.4, -0.2) is 268 Å². The number of anilines is 1. The number of hydrogen-bond acceptors (Lipinski definition) is 27. The summed E-state index contributed by atoms with van der Waals surface area (Å²) in [6.45, 7) is 3.67. The van der Waals surface area contributed by atoms with Gasteiger partial charge in [0.05, 0.1) is 55.9 Å². The van der Waals surface area contributed by atoms with E-state index in [2.05, 4.69) is 73.4 Å². The Morgan fingerprint density at radius 3 is 2.01 bits per heavy atom. The summed E-state index contributed by atoms with van der Waals surface area (Å²) in [5.74, 6) is -9.57. The lowest BCUT2D eigenvalue weighted by Crippen LogP contribution is -2.64. The third-order valence-electron chi connectivity index (χ3n) is 18.7. The molecule has 98 heavy (non-hydrogen) atoms. The van der Waals surface area contributed by atoms with Gasteiger partial charge in [-0.3, -0.25) is 38.5 Å². The van der Waals surface area contributed by atoms with Crippen molar-refractivity contribution in [1.82, 2.24) is 56.8 Å². The number of aromatic hydroxyl groups is 1. The number of β-amino-alcohol motifs (C(OH)–C–C–N with tert-alkyl or cyclic N) is 1. The number of aromatic nitrogens is 2. The Morgan fingerprint density at radius 2 is 1.37 bits per heavy atom. The largest absolute Gasteiger partial charge is 0.504 e. The molecule has 1 saturated carbocycles. The van der Waals surface area contributed by atoms with E-state index in [1.165, 1.54) is 81.1 Å². The molecule has 32 nitrogen and oxygen atoms in total. The van der Waals surface area contributed by atoms with Crippen LogP contribution in [0.3, 0.4) is 0 Å². The summed E-state index contributed by atoms with van der Waals surface area (Å²) in [5, 5.41) is 136. The number of hydrogen-bond donors (Lipinski definition) is 16. The number of carbonyl (C=O) groups excluding carboxylic acids is 7. The predicted octanol–water partition coefficient (Wildman–Crippen LogP) is -1.93. The van der Waals surface area contributed by atoms with Crippen LogP contribution in [0.4, 0.5) is 5.69 Å². The lowest BCUT2D eigenvalue weighted by Gasteiger charge is -2.40. The number of nitrogens with zero attached hydrogens (tertiary/aromatic N) is 6. The van der Waals surface area contributed by atoms with Gasteiger partial charge in [0.15, 0.2) is 11.5 Å². The van der Waals surface area contributed by atoms with Crippen LogP contribution in [0.5, 0.6) is 11.5 Å². The topological polar surface area (TPSA) is 460 Å². The number of fused-ring (bicyclic) bond motifs is 2. The Bertz CT molecular complexity index is 3340. The number of carbonyl (C=O) groups is 7. The number of rotatable bonds is 21. The zero-order valence-corrected chi connectivity index (χ0v) is 55.8. The molecular weight excluding hydrogens is 1320 g/mol. The average Bonchev–Trinajstić information content (AvgIpc) is 1.62. The first kappa shape index (κ1) is 75.0. The monoisotopic (exact) mass is 1410 g/mol. The molecule has 5 heterocycles. The van der Waals surface area contributed by atoms with Gasteiger partial charge < -0.3 is 96.7 Å². The van der Waals surface area contributed by atoms with Crippen LogP contribution in [0.25, 0.3) is 21.1 Å². The maximum Gasteiger partial charge on any atom is 0.261 e. The first-order chi connectivity index (χ1) is 47.0. The van der Waals surface area contributed by atoms with Gasteiger partial charge in [-0.25, -0.2) is 5.26 Å². The molecule has 9 rings (SSSR count). The Labute approximate surface area is 573 Å². The minimum atomic E-state index is -2.16. The van der Waals surface area contributed by atoms with Gasteiger partial charge in [0.1, 0.15) is 46.3 Å². The zero-order valence-electron chi connectivity index (χ0n) is 54.2. The highest BCUT2D eigenvalue weighted by molar-refractivity contribution is 7.90. The van der Waals surface area contributed by atoms with Crippen molar-refractivity contribution in [2.24, 2.45) is 5.92 Å². The molecule has 1 aliphatic carbocycles. The first-order valence-corrected chi connectivity index (χ1v) is 34.3. The standard InChI is InChI=1S/C64H88N12O20S2/c1-34-30-76-54(55(34)85)60(90)66-29-43(80)27-45(67-56(86)37-10-12-38(13-11-37)61-71-72-62(97-61)39-14-16-42(17-15-39)74-23-21-73(22-24-74)41-7-5-3-4-6-8-41)57(87)68-51(35(2)79)63(91)75-31-44(81)28-46(75)58(88)69-52(49(84)25-36-9-18-47(82)50(26-36)94-98-96-95-93)59(89)70-53(64(76)92)48(83)19-20-65-40(32-77)33-78/h9-18,26,34-35,40-41,43-46,48-49,51-55,65,77-85,93H,3-8,19-25,27-33H2,1-2H3,(H,66,90)(H,67,86)(H,68,87)(H,69,88)(H,70,89)/t34-,35+,43+,44+,45?,46-,48+,49+,51-,52-,53-,54-,55-/m0/s1. The molecule has 0 bridgehead atoms. The highest BCUT2D eigenvalue weighted by Gasteiger charge is 2.50. The molecule has 13 atom stereocenters. The second-order valence-corrected chi connectivity index (χ2v) is 27.0. The molecule has 0 radical (unpaired) electrons. The van der Waals surface area contributed by atoms with E-state index >= 15 is 0 Å². The molecule has 1 unspecified atom stereocenters. The van der Waals surface area contributed by atoms with Crippen LogP contribution >= 0.6 is 23.7 Å². The SMILES string of the molecule is C[C@@H](O)[C@@H]1NC(=O)C(NC(=O)c2ccc(-c3nnc(-c4ccc(N5CCN(C6CCCCCC6)CC5)cc4)s3)cc2)C[C@@H](O)CNC(=O)[C@@H]2[C@@H](O)[C@@H](C)CN2C(=O)[C@H]([C@H](O)CCNC(CO)CO)NC(=O)[C@H]([C@H](O)Cc2ccc(O)c(OSOOO)c2)NC(=O)[C@@H]2C[C@@H](O)CN2C1=O. The zero-order chi connectivity index (χ0) is 70.3. The molecule has 34 heteroatoms. The molecule has 5 aliphatic rings. The molecular formula is C64H88N12O20S2. The van der Waals surface area contributed by atoms with E-state index in [0.717, 1.165) is 60.2 Å². The van der Waals surface area contributed by atoms with E-state index in [1.807, 2.05) is 12.1 Å². The van der Waals surface area contributed by atoms with Crippen molar-refractivity contribution in [3.8, 4) is 32.6 Å². The number of aliphatic hydroxyl groups is 8. The maximum absolute atomic E-state index is 15.0. The fourth-order valence-corrected chi connectivity index (χ4v) is 14.2. The number of benzene rings is 3. The molecule has 16 N–H and O–H groups in total. The van der Waals surface area contributed by atoms with Crippen LogP contribution in [0.1, 0.15) is 87.6 Å². The summed E-state index contributed by atoms with van der Waals surface area (Å²) < 4.78 is 9.38. The number of aliphatic hydroxyl groups excluding tert-OH is 8. The van der Waals surface area contributed by atoms with Crippen LogP contribution in [0.2, 0.25) is 0 Å². The first-order valence-electron chi connectivity index (χ1n) is 32.9. The van der Waals surface area contributed by atoms with Gasteiger partial charge in [-0.05, 0) is 86.8 Å². The molecule has 1 aromatic heterocycles. The number of amides is 7. The third-order valence-corrected chi connectivity index (χ3v) is 20.0. The summed E-state index contributed by atoms with van der Waals surface area (Å²) in [4.78, 5) is 109. The molecule has 536 valence electrons. The minimum Gasteiger partial charge on any atom is -0.504 e. The smallest absolute Gasteiger partial charge is 0.261 e. The average molecular weight is 1410 g/mol. The Kier molecular flexibility index (Phi) is 26.9. The molecule has 7 amide bonds. The Morgan fingerprint density at radius 1 is 0.735 bits per heavy atom. The summed E-state index contributed by atoms with van der Waals surface area (Å²) in [6, 6.07) is 6.34. The van der Waals surface area contributed by atoms with Gasteiger partial charge in [-0.2, -0.15) is 0 Å². The summed E-state index contributed by atoms with van der Waals surface area (Å²) >= 11 is 1.41. The number of phenols is 1. The van der Waals surface area contributed by atoms with E-state index in [-0.39, 0.29) is 42.3 Å². The number of piperazine rings is 1. The quantitative estimate of drug-likeness (QED) is 0.0142. The van der Waals surface area contributed by atoms with E-state index < -0.39 is 184 Å². The minimum absolute atomic E-state index is 0.0238. The van der Waals surface area contributed by atoms with E-state index in [9.17, 15) is 79.5 Å². The maximum atomic E-state index is 15.0. The van der Waals surface area contributed by atoms with Crippen molar-refractivity contribution < 1.29 is 98.3 Å². The van der Waals surface area contributed by atoms with Crippen molar-refractivity contribution >= 4 is 70.7 Å². The van der Waals surface area contributed by atoms with E-state index in [4.69, 9.17) is 9.44 Å². The van der Waals surface area contributed by atoms with Crippen molar-refractivity contribution in [3.05, 3.63) is 77.9 Å². The van der Waals surface area contributed by atoms with Crippen molar-refractivity contribution in [3.63, 3.8) is 0 Å². The molecule has 4 aliphatic heterocycles. The predicted molar refractivity (Wildman–Crippen MR) is 353 cm³/mol. The fraction of sp³-hybridized carbons (Fsp3) is 0.578. The molecule has 5 fully saturated rings. The third kappa shape index (κ3) is 19.0. The summed E-state index contributed by atoms with van der Waals surface area (Å²) in [5.41, 5.74) is 2.74. The van der Waals surface area contributed by atoms with Gasteiger partial charge in [-0.1, -0.05) is 71.5 Å². The normalized spacial score (nSPS) is 26.4. The van der Waals surface area contributed by atoms with Crippen molar-refractivity contribution in [2.75, 3.05) is 70.5 Å². The molecule has 3 aromatic carbocycles. The lowest BCUT2D eigenvalue weighted by molar-refractivity contribution is -0.433. The number of nitrogens with one attached hydrogen (secondary N) is 6. The van der Waals surface area contributed by atoms with Gasteiger partial charge in [0.25, 0.3) is 18.2 Å². The van der Waals surface area contributed by atoms with Crippen LogP contribution in [-0.2, 0) is 44.6 Å². The second kappa shape index (κ2) is 35.2. The molecule has 4 aromatic rings. The summed E-state index contributed by atoms with van der Waals surface area (Å²) in [6.07, 6.45) is -4.84. The van der Waals surface area contributed by atoms with Crippen molar-refractivity contribution in [1.29, 1.82) is 0 Å². The highest BCUT2D eigenvalue weighted by Crippen LogP contribution is 2.34. The van der Waals surface area contributed by atoms with Crippen molar-refractivity contribution in [2.45, 2.75) is 163 Å². The van der Waals surface area contributed by atoms with Gasteiger partial charge in [-0.15, -0.1) is 10.2 Å². The van der Waals surface area contributed by atoms with Crippen LogP contribution < -0.4 is 41.0 Å². The van der Waals surface area contributed by atoms with E-state index in [1.54, 1.807) is 12.1 Å². The summed E-state index contributed by atoms with van der Waals surface area (Å²) in [7, 11) is 0. The van der Waals surface area contributed by atoms with E-state index in [0.29, 0.717) is 21.6 Å². The Balaban J connectivity index is 0.965. The molecule has 0 spiro atoms. The number of phenolic OH excluding ortho intramolecular Hbond substituents is 1. The van der Waals surface area contributed by atoms with Gasteiger partial charge in [0.2, 0.25) is 35.4 Å². The lowest BCUT2D eigenvalue weighted by atomic mass is 9.98. The molecule has 4 saturated heterocycles. The van der Waals surface area contributed by atoms with Crippen LogP contribution in [0.15, 0.2) is 66.7 Å². The van der Waals surface area contributed by atoms with Gasteiger partial charge in [0, 0.05) is 99.4 Å². The second-order valence-electron chi connectivity index (χ2n) is 25.6.